The Morgan fingerprint density at radius 1 is 1.04 bits per heavy atom. The van der Waals surface area contributed by atoms with E-state index < -0.39 is 0 Å². The van der Waals surface area contributed by atoms with Crippen LogP contribution in [0.1, 0.15) is 32.9 Å². The Labute approximate surface area is 160 Å². The number of carbonyl (C=O) groups is 2. The van der Waals surface area contributed by atoms with E-state index in [-0.39, 0.29) is 11.8 Å². The highest BCUT2D eigenvalue weighted by atomic mass is 32.2. The number of benzene rings is 1. The van der Waals surface area contributed by atoms with Crippen LogP contribution in [0.4, 0.5) is 0 Å². The maximum atomic E-state index is 12.4. The minimum absolute atomic E-state index is 0.211. The molecule has 0 saturated carbocycles. The first-order chi connectivity index (χ1) is 13.1. The van der Waals surface area contributed by atoms with Crippen molar-refractivity contribution in [2.45, 2.75) is 18.5 Å². The summed E-state index contributed by atoms with van der Waals surface area (Å²) < 4.78 is 7.25. The second-order valence-electron chi connectivity index (χ2n) is 6.27. The molecule has 3 aromatic rings. The number of carbonyl (C=O) groups excluding carboxylic acids is 2. The standard InChI is InChI=1S/C19H18N4O3S/c1-12-13(8-10-26-12)16-20-21-19(22(16)2)27-11-5-9-23-17(24)14-6-3-4-7-15(14)18(23)25/h3-4,6-8,10H,5,9,11H2,1-2H3. The molecule has 4 rings (SSSR count). The van der Waals surface area contributed by atoms with Gasteiger partial charge in [-0.15, -0.1) is 10.2 Å². The Morgan fingerprint density at radius 2 is 1.74 bits per heavy atom. The summed E-state index contributed by atoms with van der Waals surface area (Å²) >= 11 is 1.55. The topological polar surface area (TPSA) is 81.2 Å². The third-order valence-electron chi connectivity index (χ3n) is 4.57. The monoisotopic (exact) mass is 382 g/mol. The summed E-state index contributed by atoms with van der Waals surface area (Å²) in [5, 5.41) is 9.26. The fourth-order valence-electron chi connectivity index (χ4n) is 3.12. The van der Waals surface area contributed by atoms with Crippen LogP contribution in [0, 0.1) is 6.92 Å². The van der Waals surface area contributed by atoms with Crippen molar-refractivity contribution in [3.8, 4) is 11.4 Å². The van der Waals surface area contributed by atoms with E-state index in [2.05, 4.69) is 10.2 Å². The molecule has 0 unspecified atom stereocenters. The molecule has 27 heavy (non-hydrogen) atoms. The first kappa shape index (κ1) is 17.5. The summed E-state index contributed by atoms with van der Waals surface area (Å²) in [5.41, 5.74) is 1.90. The van der Waals surface area contributed by atoms with Crippen LogP contribution in [0.25, 0.3) is 11.4 Å². The van der Waals surface area contributed by atoms with Crippen molar-refractivity contribution < 1.29 is 14.0 Å². The third-order valence-corrected chi connectivity index (χ3v) is 5.68. The molecular formula is C19H18N4O3S. The lowest BCUT2D eigenvalue weighted by Crippen LogP contribution is -2.31. The maximum Gasteiger partial charge on any atom is 0.261 e. The summed E-state index contributed by atoms with van der Waals surface area (Å²) in [7, 11) is 1.91. The van der Waals surface area contributed by atoms with Crippen molar-refractivity contribution in [3.05, 3.63) is 53.5 Å². The molecule has 1 aromatic carbocycles. The van der Waals surface area contributed by atoms with Gasteiger partial charge >= 0.3 is 0 Å². The van der Waals surface area contributed by atoms with E-state index >= 15 is 0 Å². The largest absolute Gasteiger partial charge is 0.469 e. The highest BCUT2D eigenvalue weighted by Gasteiger charge is 2.34. The molecule has 0 bridgehead atoms. The number of rotatable bonds is 6. The summed E-state index contributed by atoms with van der Waals surface area (Å²) in [6.07, 6.45) is 2.32. The first-order valence-corrected chi connectivity index (χ1v) is 9.58. The van der Waals surface area contributed by atoms with Gasteiger partial charge in [-0.05, 0) is 31.5 Å². The van der Waals surface area contributed by atoms with E-state index in [0.29, 0.717) is 24.1 Å². The molecular weight excluding hydrogens is 364 g/mol. The van der Waals surface area contributed by atoms with Gasteiger partial charge in [-0.2, -0.15) is 0 Å². The predicted molar refractivity (Wildman–Crippen MR) is 101 cm³/mol. The molecule has 0 radical (unpaired) electrons. The van der Waals surface area contributed by atoms with Crippen molar-refractivity contribution >= 4 is 23.6 Å². The third kappa shape index (κ3) is 3.06. The van der Waals surface area contributed by atoms with Crippen molar-refractivity contribution in [2.75, 3.05) is 12.3 Å². The summed E-state index contributed by atoms with van der Waals surface area (Å²) in [5.74, 6) is 1.86. The molecule has 8 heteroatoms. The van der Waals surface area contributed by atoms with Gasteiger partial charge in [0.1, 0.15) is 5.76 Å². The predicted octanol–water partition coefficient (Wildman–Crippen LogP) is 3.16. The van der Waals surface area contributed by atoms with Gasteiger partial charge in [-0.25, -0.2) is 0 Å². The van der Waals surface area contributed by atoms with E-state index in [0.717, 1.165) is 28.1 Å². The summed E-state index contributed by atoms with van der Waals surface area (Å²) in [6.45, 7) is 2.28. The second kappa shape index (κ2) is 7.03. The highest BCUT2D eigenvalue weighted by Crippen LogP contribution is 2.27. The number of aryl methyl sites for hydroxylation is 1. The Kier molecular flexibility index (Phi) is 4.57. The van der Waals surface area contributed by atoms with Crippen molar-refractivity contribution in [2.24, 2.45) is 7.05 Å². The Hall–Kier alpha value is -2.87. The van der Waals surface area contributed by atoms with Gasteiger partial charge in [0.2, 0.25) is 0 Å². The fraction of sp³-hybridized carbons (Fsp3) is 0.263. The first-order valence-electron chi connectivity index (χ1n) is 8.60. The van der Waals surface area contributed by atoms with Crippen molar-refractivity contribution in [1.29, 1.82) is 0 Å². The average molecular weight is 382 g/mol. The van der Waals surface area contributed by atoms with Gasteiger partial charge in [0.05, 0.1) is 23.0 Å². The molecule has 2 aromatic heterocycles. The normalized spacial score (nSPS) is 13.5. The Bertz CT molecular complexity index is 989. The van der Waals surface area contributed by atoms with E-state index in [4.69, 9.17) is 4.42 Å². The van der Waals surface area contributed by atoms with Crippen LogP contribution in [0.15, 0.2) is 46.2 Å². The molecule has 0 fully saturated rings. The lowest BCUT2D eigenvalue weighted by Gasteiger charge is -2.13. The van der Waals surface area contributed by atoms with E-state index in [1.807, 2.05) is 24.6 Å². The Balaban J connectivity index is 1.35. The maximum absolute atomic E-state index is 12.4. The zero-order valence-corrected chi connectivity index (χ0v) is 15.8. The lowest BCUT2D eigenvalue weighted by atomic mass is 10.1. The minimum atomic E-state index is -0.211. The molecule has 138 valence electrons. The second-order valence-corrected chi connectivity index (χ2v) is 7.33. The minimum Gasteiger partial charge on any atom is -0.469 e. The van der Waals surface area contributed by atoms with Crippen molar-refractivity contribution in [3.63, 3.8) is 0 Å². The molecule has 1 aliphatic rings. The van der Waals surface area contributed by atoms with Crippen LogP contribution in [0.3, 0.4) is 0 Å². The highest BCUT2D eigenvalue weighted by molar-refractivity contribution is 7.99. The van der Waals surface area contributed by atoms with Gasteiger partial charge in [0, 0.05) is 19.3 Å². The number of aromatic nitrogens is 3. The molecule has 0 spiro atoms. The van der Waals surface area contributed by atoms with Gasteiger partial charge in [-0.1, -0.05) is 23.9 Å². The van der Waals surface area contributed by atoms with E-state index in [1.165, 1.54) is 4.90 Å². The number of thioether (sulfide) groups is 1. The number of amides is 2. The van der Waals surface area contributed by atoms with Gasteiger partial charge in [0.15, 0.2) is 11.0 Å². The van der Waals surface area contributed by atoms with Gasteiger partial charge in [0.25, 0.3) is 11.8 Å². The molecule has 3 heterocycles. The summed E-state index contributed by atoms with van der Waals surface area (Å²) in [4.78, 5) is 26.0. The zero-order valence-electron chi connectivity index (χ0n) is 15.0. The van der Waals surface area contributed by atoms with Gasteiger partial charge in [-0.3, -0.25) is 14.5 Å². The lowest BCUT2D eigenvalue weighted by molar-refractivity contribution is 0.0655. The van der Waals surface area contributed by atoms with Crippen LogP contribution in [-0.2, 0) is 7.05 Å². The van der Waals surface area contributed by atoms with E-state index in [9.17, 15) is 9.59 Å². The number of imide groups is 1. The molecule has 2 amide bonds. The van der Waals surface area contributed by atoms with Crippen LogP contribution < -0.4 is 0 Å². The van der Waals surface area contributed by atoms with E-state index in [1.54, 1.807) is 42.3 Å². The van der Waals surface area contributed by atoms with Crippen LogP contribution in [0.5, 0.6) is 0 Å². The number of furan rings is 1. The molecule has 1 aliphatic heterocycles. The SMILES string of the molecule is Cc1occc1-c1nnc(SCCCN2C(=O)c3ccccc3C2=O)n1C. The van der Waals surface area contributed by atoms with Crippen LogP contribution in [0.2, 0.25) is 0 Å². The molecule has 0 aliphatic carbocycles. The number of nitrogens with zero attached hydrogens (tertiary/aromatic N) is 4. The number of hydrogen-bond donors (Lipinski definition) is 0. The van der Waals surface area contributed by atoms with Gasteiger partial charge < -0.3 is 8.98 Å². The molecule has 0 atom stereocenters. The number of fused-ring (bicyclic) bond motifs is 1. The molecule has 7 nitrogen and oxygen atoms in total. The quantitative estimate of drug-likeness (QED) is 0.370. The Morgan fingerprint density at radius 3 is 2.37 bits per heavy atom. The zero-order chi connectivity index (χ0) is 19.0. The average Bonchev–Trinajstić information content (AvgIpc) is 3.32. The number of hydrogen-bond acceptors (Lipinski definition) is 6. The summed E-state index contributed by atoms with van der Waals surface area (Å²) in [6, 6.07) is 8.82. The fourth-order valence-corrected chi connectivity index (χ4v) is 3.96. The smallest absolute Gasteiger partial charge is 0.261 e. The van der Waals surface area contributed by atoms with Crippen LogP contribution >= 0.6 is 11.8 Å². The van der Waals surface area contributed by atoms with Crippen LogP contribution in [-0.4, -0.2) is 43.8 Å². The van der Waals surface area contributed by atoms with Crippen molar-refractivity contribution in [1.82, 2.24) is 19.7 Å². The molecule has 0 saturated heterocycles. The molecule has 0 N–H and O–H groups in total.